The number of benzene rings is 2. The number of aliphatic hydroxyl groups is 1. The maximum absolute atomic E-state index is 13.7. The Morgan fingerprint density at radius 3 is 2.75 bits per heavy atom. The molecule has 104 valence electrons. The summed E-state index contributed by atoms with van der Waals surface area (Å²) in [6.45, 7) is 0. The molecule has 1 aliphatic carbocycles. The maximum Gasteiger partial charge on any atom is 0.126 e. The van der Waals surface area contributed by atoms with Gasteiger partial charge in [-0.2, -0.15) is 0 Å². The second-order valence-corrected chi connectivity index (χ2v) is 6.06. The van der Waals surface area contributed by atoms with E-state index in [2.05, 4.69) is 15.9 Å². The highest BCUT2D eigenvalue weighted by Gasteiger charge is 2.38. The Labute approximate surface area is 124 Å². The molecule has 2 aromatic carbocycles. The Bertz CT molecular complexity index is 672. The summed E-state index contributed by atoms with van der Waals surface area (Å²) in [7, 11) is 0. The highest BCUT2D eigenvalue weighted by molar-refractivity contribution is 9.10. The van der Waals surface area contributed by atoms with Crippen LogP contribution in [0.2, 0.25) is 0 Å². The highest BCUT2D eigenvalue weighted by atomic mass is 79.9. The number of halogens is 3. The fraction of sp³-hybridized carbons (Fsp3) is 0.250. The van der Waals surface area contributed by atoms with Gasteiger partial charge in [-0.1, -0.05) is 34.1 Å². The zero-order valence-corrected chi connectivity index (χ0v) is 12.3. The highest BCUT2D eigenvalue weighted by Crippen LogP contribution is 2.41. The summed E-state index contributed by atoms with van der Waals surface area (Å²) in [6.07, 6.45) is 1.34. The van der Waals surface area contributed by atoms with Crippen molar-refractivity contribution in [1.82, 2.24) is 0 Å². The van der Waals surface area contributed by atoms with Gasteiger partial charge in [0.25, 0.3) is 0 Å². The molecule has 0 fully saturated rings. The largest absolute Gasteiger partial charge is 0.385 e. The Kier molecular flexibility index (Phi) is 3.38. The lowest BCUT2D eigenvalue weighted by molar-refractivity contribution is 0.0387. The van der Waals surface area contributed by atoms with Crippen LogP contribution in [0.3, 0.4) is 0 Å². The zero-order valence-electron chi connectivity index (χ0n) is 10.7. The first-order valence-electron chi connectivity index (χ1n) is 6.44. The van der Waals surface area contributed by atoms with Crippen molar-refractivity contribution in [2.75, 3.05) is 0 Å². The first kappa shape index (κ1) is 13.7. The number of rotatable bonds is 2. The van der Waals surface area contributed by atoms with Gasteiger partial charge >= 0.3 is 0 Å². The van der Waals surface area contributed by atoms with Gasteiger partial charge in [-0.25, -0.2) is 8.78 Å². The van der Waals surface area contributed by atoms with Crippen molar-refractivity contribution < 1.29 is 13.9 Å². The Balaban J connectivity index is 1.98. The zero-order chi connectivity index (χ0) is 14.3. The van der Waals surface area contributed by atoms with E-state index in [1.807, 2.05) is 0 Å². The second-order valence-electron chi connectivity index (χ2n) is 5.21. The Morgan fingerprint density at radius 2 is 2.00 bits per heavy atom. The summed E-state index contributed by atoms with van der Waals surface area (Å²) in [4.78, 5) is 0. The SMILES string of the molecule is OC1(Cc2ccc(F)cc2Br)CCc2c(F)cccc21. The van der Waals surface area contributed by atoms with E-state index in [0.717, 1.165) is 5.56 Å². The topological polar surface area (TPSA) is 20.2 Å². The summed E-state index contributed by atoms with van der Waals surface area (Å²) in [5.74, 6) is -0.595. The van der Waals surface area contributed by atoms with E-state index in [0.29, 0.717) is 34.9 Å². The Morgan fingerprint density at radius 1 is 1.20 bits per heavy atom. The van der Waals surface area contributed by atoms with Gasteiger partial charge in [-0.15, -0.1) is 0 Å². The molecule has 0 aliphatic heterocycles. The molecule has 1 unspecified atom stereocenters. The van der Waals surface area contributed by atoms with Crippen molar-refractivity contribution >= 4 is 15.9 Å². The maximum atomic E-state index is 13.7. The first-order valence-corrected chi connectivity index (χ1v) is 7.23. The van der Waals surface area contributed by atoms with E-state index >= 15 is 0 Å². The van der Waals surface area contributed by atoms with Crippen molar-refractivity contribution in [2.45, 2.75) is 24.9 Å². The minimum atomic E-state index is -1.09. The molecule has 2 aromatic rings. The molecule has 0 radical (unpaired) electrons. The van der Waals surface area contributed by atoms with E-state index in [-0.39, 0.29) is 11.6 Å². The molecule has 0 heterocycles. The van der Waals surface area contributed by atoms with Gasteiger partial charge in [-0.3, -0.25) is 0 Å². The van der Waals surface area contributed by atoms with Crippen LogP contribution in [0.4, 0.5) is 8.78 Å². The summed E-state index contributed by atoms with van der Waals surface area (Å²) < 4.78 is 27.5. The van der Waals surface area contributed by atoms with Crippen LogP contribution >= 0.6 is 15.9 Å². The molecule has 4 heteroatoms. The van der Waals surface area contributed by atoms with Gasteiger partial charge in [0.2, 0.25) is 0 Å². The van der Waals surface area contributed by atoms with Gasteiger partial charge in [0.15, 0.2) is 0 Å². The third kappa shape index (κ3) is 2.27. The van der Waals surface area contributed by atoms with Crippen LogP contribution in [0, 0.1) is 11.6 Å². The predicted molar refractivity (Wildman–Crippen MR) is 76.4 cm³/mol. The van der Waals surface area contributed by atoms with E-state index < -0.39 is 5.60 Å². The lowest BCUT2D eigenvalue weighted by Crippen LogP contribution is -2.25. The fourth-order valence-corrected chi connectivity index (χ4v) is 3.37. The first-order chi connectivity index (χ1) is 9.49. The van der Waals surface area contributed by atoms with E-state index in [4.69, 9.17) is 0 Å². The average Bonchev–Trinajstić information content (AvgIpc) is 2.73. The van der Waals surface area contributed by atoms with Crippen LogP contribution in [-0.4, -0.2) is 5.11 Å². The molecule has 0 bridgehead atoms. The molecule has 1 atom stereocenters. The molecule has 1 N–H and O–H groups in total. The van der Waals surface area contributed by atoms with Crippen LogP contribution in [0.25, 0.3) is 0 Å². The van der Waals surface area contributed by atoms with Crippen LogP contribution in [0.1, 0.15) is 23.1 Å². The fourth-order valence-electron chi connectivity index (χ4n) is 2.88. The van der Waals surface area contributed by atoms with Gasteiger partial charge in [0, 0.05) is 10.9 Å². The molecular weight excluding hydrogens is 326 g/mol. The standard InChI is InChI=1S/C16H13BrF2O/c17-14-8-11(18)5-4-10(14)9-16(20)7-6-12-13(16)2-1-3-15(12)19/h1-5,8,20H,6-7,9H2. The summed E-state index contributed by atoms with van der Waals surface area (Å²) >= 11 is 3.31. The molecule has 0 saturated heterocycles. The molecule has 0 saturated carbocycles. The molecule has 1 nitrogen and oxygen atoms in total. The van der Waals surface area contributed by atoms with E-state index in [1.54, 1.807) is 18.2 Å². The lowest BCUT2D eigenvalue weighted by atomic mass is 9.89. The molecule has 20 heavy (non-hydrogen) atoms. The molecule has 0 aromatic heterocycles. The monoisotopic (exact) mass is 338 g/mol. The van der Waals surface area contributed by atoms with Gasteiger partial charge in [0.05, 0.1) is 5.60 Å². The summed E-state index contributed by atoms with van der Waals surface area (Å²) in [5.41, 5.74) is 0.964. The van der Waals surface area contributed by atoms with Crippen molar-refractivity contribution in [2.24, 2.45) is 0 Å². The van der Waals surface area contributed by atoms with Crippen molar-refractivity contribution in [1.29, 1.82) is 0 Å². The number of hydrogen-bond donors (Lipinski definition) is 1. The van der Waals surface area contributed by atoms with Crippen LogP contribution in [0.15, 0.2) is 40.9 Å². The van der Waals surface area contributed by atoms with E-state index in [1.165, 1.54) is 18.2 Å². The number of hydrogen-bond acceptors (Lipinski definition) is 1. The predicted octanol–water partition coefficient (Wildman–Crippen LogP) is 4.10. The van der Waals surface area contributed by atoms with Crippen LogP contribution in [0.5, 0.6) is 0 Å². The molecule has 0 spiro atoms. The average molecular weight is 339 g/mol. The summed E-state index contributed by atoms with van der Waals surface area (Å²) in [5, 5.41) is 10.8. The second kappa shape index (κ2) is 4.93. The van der Waals surface area contributed by atoms with E-state index in [9.17, 15) is 13.9 Å². The lowest BCUT2D eigenvalue weighted by Gasteiger charge is -2.24. The van der Waals surface area contributed by atoms with Crippen LogP contribution in [-0.2, 0) is 18.4 Å². The third-order valence-electron chi connectivity index (χ3n) is 3.91. The van der Waals surface area contributed by atoms with Crippen molar-refractivity contribution in [3.05, 3.63) is 69.2 Å². The molecule has 1 aliphatic rings. The van der Waals surface area contributed by atoms with Crippen LogP contribution < -0.4 is 0 Å². The quantitative estimate of drug-likeness (QED) is 0.873. The minimum absolute atomic E-state index is 0.267. The van der Waals surface area contributed by atoms with Crippen molar-refractivity contribution in [3.8, 4) is 0 Å². The smallest absolute Gasteiger partial charge is 0.126 e. The third-order valence-corrected chi connectivity index (χ3v) is 4.65. The molecular formula is C16H13BrF2O. The minimum Gasteiger partial charge on any atom is -0.385 e. The number of fused-ring (bicyclic) bond motifs is 1. The van der Waals surface area contributed by atoms with Gasteiger partial charge in [-0.05, 0) is 47.7 Å². The van der Waals surface area contributed by atoms with Gasteiger partial charge < -0.3 is 5.11 Å². The van der Waals surface area contributed by atoms with Gasteiger partial charge in [0.1, 0.15) is 11.6 Å². The summed E-state index contributed by atoms with van der Waals surface area (Å²) in [6, 6.07) is 9.19. The molecule has 0 amide bonds. The molecule has 3 rings (SSSR count). The normalized spacial score (nSPS) is 21.0. The van der Waals surface area contributed by atoms with Crippen molar-refractivity contribution in [3.63, 3.8) is 0 Å². The Hall–Kier alpha value is -1.26.